The number of ether oxygens (including phenoxy) is 1. The van der Waals surface area contributed by atoms with Crippen molar-refractivity contribution >= 4 is 23.5 Å². The van der Waals surface area contributed by atoms with E-state index in [0.29, 0.717) is 29.0 Å². The first-order valence-electron chi connectivity index (χ1n) is 7.60. The van der Waals surface area contributed by atoms with E-state index < -0.39 is 11.7 Å². The second-order valence-corrected chi connectivity index (χ2v) is 5.27. The fourth-order valence-corrected chi connectivity index (χ4v) is 2.06. The van der Waals surface area contributed by atoms with Crippen LogP contribution in [0.15, 0.2) is 53.5 Å². The molecule has 1 amide bonds. The highest BCUT2D eigenvalue weighted by molar-refractivity contribution is 6.04. The molecule has 25 heavy (non-hydrogen) atoms. The highest BCUT2D eigenvalue weighted by Crippen LogP contribution is 2.20. The Morgan fingerprint density at radius 1 is 1.48 bits per heavy atom. The normalized spacial score (nSPS) is 12.2. The second kappa shape index (κ2) is 9.27. The number of nitrogens with one attached hydrogen (secondary N) is 2. The van der Waals surface area contributed by atoms with Crippen LogP contribution in [0.4, 0.5) is 15.8 Å². The fraction of sp³-hybridized carbons (Fsp3) is 0.222. The van der Waals surface area contributed by atoms with Crippen molar-refractivity contribution in [2.45, 2.75) is 19.8 Å². The average Bonchev–Trinajstić information content (AvgIpc) is 2.60. The third-order valence-electron chi connectivity index (χ3n) is 3.50. The molecule has 0 unspecified atom stereocenters. The number of rotatable bonds is 8. The molecule has 0 fully saturated rings. The second-order valence-electron chi connectivity index (χ2n) is 5.27. The molecule has 0 aliphatic heterocycles. The van der Waals surface area contributed by atoms with E-state index in [2.05, 4.69) is 11.9 Å². The van der Waals surface area contributed by atoms with Crippen molar-refractivity contribution in [2.75, 3.05) is 18.2 Å². The molecule has 0 saturated carbocycles. The predicted octanol–water partition coefficient (Wildman–Crippen LogP) is 3.10. The molecule has 0 atom stereocenters. The van der Waals surface area contributed by atoms with Crippen LogP contribution in [0.3, 0.4) is 0 Å². The largest absolute Gasteiger partial charge is 0.497 e. The van der Waals surface area contributed by atoms with E-state index in [0.717, 1.165) is 12.3 Å². The Kier molecular flexibility index (Phi) is 7.40. The van der Waals surface area contributed by atoms with Gasteiger partial charge in [0.05, 0.1) is 18.5 Å². The molecule has 0 aliphatic rings. The zero-order valence-electron chi connectivity index (χ0n) is 14.4. The Hall–Kier alpha value is -3.09. The smallest absolute Gasteiger partial charge is 0.271 e. The van der Waals surface area contributed by atoms with Gasteiger partial charge in [0, 0.05) is 11.9 Å². The van der Waals surface area contributed by atoms with E-state index in [4.69, 9.17) is 21.6 Å². The fourth-order valence-electron chi connectivity index (χ4n) is 2.06. The monoisotopic (exact) mass is 346 g/mol. The molecule has 0 aromatic heterocycles. The van der Waals surface area contributed by atoms with Crippen LogP contribution in [-0.2, 0) is 9.53 Å². The summed E-state index contributed by atoms with van der Waals surface area (Å²) in [6.07, 6.45) is 3.50. The summed E-state index contributed by atoms with van der Waals surface area (Å²) in [5.74, 6) is -0.847. The molecular formula is C18H23FN4O2. The number of nitrogen functional groups attached to an aromatic ring is 1. The standard InChI is InChI=1S/C18H23FN4O2/c1-4-13(8-12(10-20)7-11(2)25-3)17(22)18(24)23-16-9-14(21)5-6-15(16)19/h5-7,9-10,20H,2,4,8,21-22H2,1,3H3,(H,23,24)/b12-7-,17-13+,20-10?. The Morgan fingerprint density at radius 3 is 2.72 bits per heavy atom. The quantitative estimate of drug-likeness (QED) is 0.190. The van der Waals surface area contributed by atoms with Crippen molar-refractivity contribution in [3.8, 4) is 0 Å². The maximum Gasteiger partial charge on any atom is 0.271 e. The minimum absolute atomic E-state index is 0.0277. The van der Waals surface area contributed by atoms with Gasteiger partial charge in [-0.2, -0.15) is 0 Å². The molecular weight excluding hydrogens is 323 g/mol. The van der Waals surface area contributed by atoms with E-state index in [-0.39, 0.29) is 17.8 Å². The summed E-state index contributed by atoms with van der Waals surface area (Å²) in [5, 5.41) is 9.87. The Labute approximate surface area is 146 Å². The number of nitrogens with two attached hydrogens (primary N) is 2. The molecule has 0 radical (unpaired) electrons. The lowest BCUT2D eigenvalue weighted by molar-refractivity contribution is -0.113. The topological polar surface area (TPSA) is 114 Å². The van der Waals surface area contributed by atoms with Crippen molar-refractivity contribution in [3.05, 3.63) is 59.3 Å². The average molecular weight is 346 g/mol. The van der Waals surface area contributed by atoms with Crippen molar-refractivity contribution in [1.82, 2.24) is 0 Å². The zero-order chi connectivity index (χ0) is 19.0. The van der Waals surface area contributed by atoms with Gasteiger partial charge in [0.2, 0.25) is 0 Å². The van der Waals surface area contributed by atoms with Crippen LogP contribution in [0.5, 0.6) is 0 Å². The number of hydrogen-bond donors (Lipinski definition) is 4. The molecule has 0 spiro atoms. The number of carbonyl (C=O) groups excluding carboxylic acids is 1. The molecule has 1 rings (SSSR count). The van der Waals surface area contributed by atoms with Crippen LogP contribution < -0.4 is 16.8 Å². The van der Waals surface area contributed by atoms with Gasteiger partial charge in [0.25, 0.3) is 5.91 Å². The van der Waals surface area contributed by atoms with E-state index in [1.54, 1.807) is 6.08 Å². The molecule has 6 N–H and O–H groups in total. The van der Waals surface area contributed by atoms with Crippen LogP contribution in [0.25, 0.3) is 0 Å². The maximum atomic E-state index is 13.7. The highest BCUT2D eigenvalue weighted by atomic mass is 19.1. The summed E-state index contributed by atoms with van der Waals surface area (Å²) in [6.45, 7) is 5.50. The summed E-state index contributed by atoms with van der Waals surface area (Å²) >= 11 is 0. The van der Waals surface area contributed by atoms with Crippen molar-refractivity contribution in [3.63, 3.8) is 0 Å². The van der Waals surface area contributed by atoms with Gasteiger partial charge in [-0.1, -0.05) is 13.5 Å². The first kappa shape index (κ1) is 20.0. The minimum atomic E-state index is -0.628. The van der Waals surface area contributed by atoms with Crippen LogP contribution in [0.1, 0.15) is 19.8 Å². The summed E-state index contributed by atoms with van der Waals surface area (Å²) in [7, 11) is 1.47. The third-order valence-corrected chi connectivity index (χ3v) is 3.50. The Morgan fingerprint density at radius 2 is 2.16 bits per heavy atom. The number of benzene rings is 1. The SMILES string of the molecule is C=C(/C=C(\C=N)C/C(CC)=C(/N)C(=O)Nc1cc(N)ccc1F)OC. The van der Waals surface area contributed by atoms with Gasteiger partial charge in [-0.15, -0.1) is 0 Å². The number of methoxy groups -OCH3 is 1. The predicted molar refractivity (Wildman–Crippen MR) is 98.6 cm³/mol. The van der Waals surface area contributed by atoms with Crippen molar-refractivity contribution in [1.29, 1.82) is 5.41 Å². The minimum Gasteiger partial charge on any atom is -0.497 e. The van der Waals surface area contributed by atoms with Gasteiger partial charge in [-0.05, 0) is 48.3 Å². The lowest BCUT2D eigenvalue weighted by Crippen LogP contribution is -2.23. The van der Waals surface area contributed by atoms with Crippen LogP contribution >= 0.6 is 0 Å². The van der Waals surface area contributed by atoms with Crippen molar-refractivity contribution < 1.29 is 13.9 Å². The number of hydrogen-bond acceptors (Lipinski definition) is 5. The third kappa shape index (κ3) is 5.80. The van der Waals surface area contributed by atoms with Gasteiger partial charge in [-0.3, -0.25) is 4.79 Å². The zero-order valence-corrected chi connectivity index (χ0v) is 14.4. The number of allylic oxidation sites excluding steroid dienone is 3. The number of halogens is 1. The van der Waals surface area contributed by atoms with Crippen LogP contribution in [0.2, 0.25) is 0 Å². The molecule has 134 valence electrons. The van der Waals surface area contributed by atoms with Gasteiger partial charge < -0.3 is 26.9 Å². The van der Waals surface area contributed by atoms with E-state index in [1.807, 2.05) is 6.92 Å². The number of amides is 1. The molecule has 0 heterocycles. The summed E-state index contributed by atoms with van der Waals surface area (Å²) in [4.78, 5) is 12.3. The molecule has 0 aliphatic carbocycles. The van der Waals surface area contributed by atoms with Gasteiger partial charge >= 0.3 is 0 Å². The van der Waals surface area contributed by atoms with E-state index in [1.165, 1.54) is 19.2 Å². The van der Waals surface area contributed by atoms with Crippen LogP contribution in [0, 0.1) is 11.2 Å². The Bertz CT molecular complexity index is 739. The van der Waals surface area contributed by atoms with Gasteiger partial charge in [0.15, 0.2) is 0 Å². The summed E-state index contributed by atoms with van der Waals surface area (Å²) in [6, 6.07) is 3.88. The lowest BCUT2D eigenvalue weighted by Gasteiger charge is -2.12. The molecule has 6 nitrogen and oxygen atoms in total. The lowest BCUT2D eigenvalue weighted by atomic mass is 10.0. The molecule has 0 saturated heterocycles. The number of carbonyl (C=O) groups is 1. The molecule has 1 aromatic rings. The van der Waals surface area contributed by atoms with Crippen LogP contribution in [-0.4, -0.2) is 19.2 Å². The van der Waals surface area contributed by atoms with Gasteiger partial charge in [-0.25, -0.2) is 4.39 Å². The number of anilines is 2. The summed E-state index contributed by atoms with van der Waals surface area (Å²) in [5.41, 5.74) is 13.0. The maximum absolute atomic E-state index is 13.7. The molecule has 7 heteroatoms. The summed E-state index contributed by atoms with van der Waals surface area (Å²) < 4.78 is 18.7. The first-order chi connectivity index (χ1) is 11.8. The van der Waals surface area contributed by atoms with E-state index >= 15 is 0 Å². The first-order valence-corrected chi connectivity index (χ1v) is 7.60. The van der Waals surface area contributed by atoms with E-state index in [9.17, 15) is 9.18 Å². The van der Waals surface area contributed by atoms with Gasteiger partial charge in [0.1, 0.15) is 11.6 Å². The van der Waals surface area contributed by atoms with Crippen molar-refractivity contribution in [2.24, 2.45) is 5.73 Å². The molecule has 0 bridgehead atoms. The highest BCUT2D eigenvalue weighted by Gasteiger charge is 2.14. The molecule has 1 aromatic carbocycles. The Balaban J connectivity index is 3.04.